The van der Waals surface area contributed by atoms with Gasteiger partial charge in [-0.15, -0.1) is 0 Å². The van der Waals surface area contributed by atoms with Crippen LogP contribution in [0.2, 0.25) is 0 Å². The van der Waals surface area contributed by atoms with Crippen molar-refractivity contribution in [1.82, 2.24) is 0 Å². The van der Waals surface area contributed by atoms with Crippen LogP contribution in [0.15, 0.2) is 18.2 Å². The minimum atomic E-state index is -0.534. The van der Waals surface area contributed by atoms with Gasteiger partial charge in [0.15, 0.2) is 0 Å². The molecule has 0 aromatic heterocycles. The second kappa shape index (κ2) is 4.21. The summed E-state index contributed by atoms with van der Waals surface area (Å²) in [6, 6.07) is 5.65. The van der Waals surface area contributed by atoms with Crippen LogP contribution in [0.3, 0.4) is 0 Å². The summed E-state index contributed by atoms with van der Waals surface area (Å²) in [6.45, 7) is 0. The first-order chi connectivity index (χ1) is 7.22. The Balaban J connectivity index is 2.39. The molecule has 82 valence electrons. The molecule has 1 aliphatic carbocycles. The van der Waals surface area contributed by atoms with Gasteiger partial charge in [0.2, 0.25) is 0 Å². The summed E-state index contributed by atoms with van der Waals surface area (Å²) in [7, 11) is 1.65. The third-order valence-electron chi connectivity index (χ3n) is 3.06. The number of hydrogen-bond donors (Lipinski definition) is 2. The van der Waals surface area contributed by atoms with Crippen molar-refractivity contribution in [2.45, 2.75) is 31.4 Å². The quantitative estimate of drug-likeness (QED) is 0.684. The molecular formula is C12H17NO2. The highest BCUT2D eigenvalue weighted by atomic mass is 16.5. The highest BCUT2D eigenvalue weighted by Gasteiger charge is 2.23. The number of rotatable bonds is 1. The summed E-state index contributed by atoms with van der Waals surface area (Å²) >= 11 is 0. The second-order valence-electron chi connectivity index (χ2n) is 4.07. The Kier molecular flexibility index (Phi) is 2.93. The van der Waals surface area contributed by atoms with Crippen LogP contribution in [-0.2, 0) is 6.42 Å². The van der Waals surface area contributed by atoms with E-state index in [2.05, 4.69) is 0 Å². The van der Waals surface area contributed by atoms with Gasteiger partial charge in [-0.3, -0.25) is 0 Å². The van der Waals surface area contributed by atoms with Crippen LogP contribution in [0.25, 0.3) is 0 Å². The summed E-state index contributed by atoms with van der Waals surface area (Å²) in [5.74, 6) is 0.844. The molecule has 2 rings (SSSR count). The van der Waals surface area contributed by atoms with Gasteiger partial charge < -0.3 is 15.6 Å². The molecule has 0 amide bonds. The van der Waals surface area contributed by atoms with Crippen molar-refractivity contribution in [2.75, 3.05) is 7.11 Å². The van der Waals surface area contributed by atoms with Crippen LogP contribution in [0.5, 0.6) is 5.75 Å². The Bertz CT molecular complexity index is 351. The molecule has 1 aliphatic rings. The molecule has 3 nitrogen and oxygen atoms in total. The van der Waals surface area contributed by atoms with Gasteiger partial charge in [-0.25, -0.2) is 0 Å². The summed E-state index contributed by atoms with van der Waals surface area (Å²) in [4.78, 5) is 0. The summed E-state index contributed by atoms with van der Waals surface area (Å²) < 4.78 is 5.17. The maximum Gasteiger partial charge on any atom is 0.119 e. The van der Waals surface area contributed by atoms with Crippen LogP contribution < -0.4 is 10.5 Å². The van der Waals surface area contributed by atoms with Gasteiger partial charge in [0, 0.05) is 6.04 Å². The van der Waals surface area contributed by atoms with Crippen LogP contribution >= 0.6 is 0 Å². The normalized spacial score (nSPS) is 25.5. The number of ether oxygens (including phenoxy) is 1. The van der Waals surface area contributed by atoms with Gasteiger partial charge in [0.05, 0.1) is 13.2 Å². The minimum Gasteiger partial charge on any atom is -0.497 e. The molecule has 3 N–H and O–H groups in total. The predicted octanol–water partition coefficient (Wildman–Crippen LogP) is 1.39. The maximum absolute atomic E-state index is 10.0. The Morgan fingerprint density at radius 2 is 2.27 bits per heavy atom. The Morgan fingerprint density at radius 1 is 1.47 bits per heavy atom. The average molecular weight is 207 g/mol. The van der Waals surface area contributed by atoms with Crippen LogP contribution in [0.1, 0.15) is 30.1 Å². The molecule has 0 fully saturated rings. The van der Waals surface area contributed by atoms with Crippen molar-refractivity contribution in [3.8, 4) is 5.75 Å². The van der Waals surface area contributed by atoms with Crippen molar-refractivity contribution in [1.29, 1.82) is 0 Å². The van der Waals surface area contributed by atoms with Crippen molar-refractivity contribution >= 4 is 0 Å². The highest BCUT2D eigenvalue weighted by molar-refractivity contribution is 5.38. The Hall–Kier alpha value is -1.06. The van der Waals surface area contributed by atoms with Gasteiger partial charge in [-0.1, -0.05) is 6.07 Å². The molecule has 0 bridgehead atoms. The number of aliphatic hydroxyl groups excluding tert-OH is 1. The summed E-state index contributed by atoms with van der Waals surface area (Å²) in [5.41, 5.74) is 8.00. The number of aryl methyl sites for hydroxylation is 1. The molecule has 0 aliphatic heterocycles. The minimum absolute atomic E-state index is 0.139. The molecule has 1 aromatic carbocycles. The van der Waals surface area contributed by atoms with E-state index in [1.165, 1.54) is 0 Å². The van der Waals surface area contributed by atoms with Crippen molar-refractivity contribution in [2.24, 2.45) is 5.73 Å². The zero-order valence-corrected chi connectivity index (χ0v) is 8.94. The number of fused-ring (bicyclic) bond motifs is 1. The fourth-order valence-electron chi connectivity index (χ4n) is 2.13. The first-order valence-electron chi connectivity index (χ1n) is 5.33. The fourth-order valence-corrected chi connectivity index (χ4v) is 2.13. The smallest absolute Gasteiger partial charge is 0.119 e. The van der Waals surface area contributed by atoms with Crippen molar-refractivity contribution in [3.63, 3.8) is 0 Å². The zero-order chi connectivity index (χ0) is 10.8. The monoisotopic (exact) mass is 207 g/mol. The number of methoxy groups -OCH3 is 1. The van der Waals surface area contributed by atoms with E-state index in [1.807, 2.05) is 18.2 Å². The van der Waals surface area contributed by atoms with Crippen LogP contribution in [0, 0.1) is 0 Å². The molecule has 0 unspecified atom stereocenters. The van der Waals surface area contributed by atoms with E-state index >= 15 is 0 Å². The number of hydrogen-bond acceptors (Lipinski definition) is 3. The number of nitrogens with two attached hydrogens (primary N) is 1. The van der Waals surface area contributed by atoms with E-state index in [0.717, 1.165) is 36.1 Å². The third kappa shape index (κ3) is 1.98. The van der Waals surface area contributed by atoms with E-state index in [0.29, 0.717) is 0 Å². The fraction of sp³-hybridized carbons (Fsp3) is 0.500. The Morgan fingerprint density at radius 3 is 3.00 bits per heavy atom. The second-order valence-corrected chi connectivity index (χ2v) is 4.07. The SMILES string of the molecule is COc1ccc2c(c1)CCC[C@@H](N)[C@@H]2O. The van der Waals surface area contributed by atoms with Gasteiger partial charge in [0.25, 0.3) is 0 Å². The lowest BCUT2D eigenvalue weighted by molar-refractivity contribution is 0.144. The molecule has 0 heterocycles. The molecule has 0 spiro atoms. The lowest BCUT2D eigenvalue weighted by atomic mass is 9.99. The first kappa shape index (κ1) is 10.5. The van der Waals surface area contributed by atoms with Crippen molar-refractivity contribution < 1.29 is 9.84 Å². The molecule has 0 saturated carbocycles. The lowest BCUT2D eigenvalue weighted by Gasteiger charge is -2.17. The van der Waals surface area contributed by atoms with E-state index < -0.39 is 6.10 Å². The van der Waals surface area contributed by atoms with Gasteiger partial charge in [-0.05, 0) is 42.5 Å². The molecule has 1 aromatic rings. The van der Waals surface area contributed by atoms with E-state index in [1.54, 1.807) is 7.11 Å². The molecular weight excluding hydrogens is 190 g/mol. The highest BCUT2D eigenvalue weighted by Crippen LogP contribution is 2.30. The molecule has 15 heavy (non-hydrogen) atoms. The lowest BCUT2D eigenvalue weighted by Crippen LogP contribution is -2.27. The molecule has 0 saturated heterocycles. The van der Waals surface area contributed by atoms with Crippen LogP contribution in [-0.4, -0.2) is 18.3 Å². The molecule has 2 atom stereocenters. The molecule has 0 radical (unpaired) electrons. The number of benzene rings is 1. The van der Waals surface area contributed by atoms with Gasteiger partial charge >= 0.3 is 0 Å². The Labute approximate surface area is 89.9 Å². The van der Waals surface area contributed by atoms with Crippen molar-refractivity contribution in [3.05, 3.63) is 29.3 Å². The predicted molar refractivity (Wildman–Crippen MR) is 58.9 cm³/mol. The van der Waals surface area contributed by atoms with E-state index in [-0.39, 0.29) is 6.04 Å². The summed E-state index contributed by atoms with van der Waals surface area (Å²) in [5, 5.41) is 10.0. The zero-order valence-electron chi connectivity index (χ0n) is 8.94. The summed E-state index contributed by atoms with van der Waals surface area (Å²) in [6.07, 6.45) is 2.34. The van der Waals surface area contributed by atoms with Gasteiger partial charge in [0.1, 0.15) is 5.75 Å². The maximum atomic E-state index is 10.0. The third-order valence-corrected chi connectivity index (χ3v) is 3.06. The number of aliphatic hydroxyl groups is 1. The first-order valence-corrected chi connectivity index (χ1v) is 5.33. The van der Waals surface area contributed by atoms with Crippen LogP contribution in [0.4, 0.5) is 0 Å². The standard InChI is InChI=1S/C12H17NO2/c1-15-9-5-6-10-8(7-9)3-2-4-11(13)12(10)14/h5-7,11-12,14H,2-4,13H2,1H3/t11-,12-/m1/s1. The largest absolute Gasteiger partial charge is 0.497 e. The van der Waals surface area contributed by atoms with Gasteiger partial charge in [-0.2, -0.15) is 0 Å². The van der Waals surface area contributed by atoms with E-state index in [9.17, 15) is 5.11 Å². The van der Waals surface area contributed by atoms with E-state index in [4.69, 9.17) is 10.5 Å². The topological polar surface area (TPSA) is 55.5 Å². The average Bonchev–Trinajstić information content (AvgIpc) is 2.40. The molecule has 3 heteroatoms.